The maximum absolute atomic E-state index is 13.5. The van der Waals surface area contributed by atoms with Gasteiger partial charge in [-0.3, -0.25) is 14.5 Å². The molecule has 4 rings (SSSR count). The van der Waals surface area contributed by atoms with Gasteiger partial charge in [-0.05, 0) is 36.9 Å². The molecule has 5 nitrogen and oxygen atoms in total. The number of rotatable bonds is 7. The molecule has 1 saturated heterocycles. The largest absolute Gasteiger partial charge is 0.356 e. The van der Waals surface area contributed by atoms with Crippen molar-refractivity contribution in [3.63, 3.8) is 0 Å². The molecule has 1 unspecified atom stereocenters. The van der Waals surface area contributed by atoms with Crippen LogP contribution in [0.4, 0.5) is 0 Å². The van der Waals surface area contributed by atoms with E-state index in [2.05, 4.69) is 15.2 Å². The lowest BCUT2D eigenvalue weighted by Crippen LogP contribution is -2.43. The molecule has 3 aromatic rings. The van der Waals surface area contributed by atoms with Crippen molar-refractivity contribution < 1.29 is 9.59 Å². The summed E-state index contributed by atoms with van der Waals surface area (Å²) in [6.45, 7) is 6.66. The third kappa shape index (κ3) is 4.88. The van der Waals surface area contributed by atoms with Gasteiger partial charge in [0.25, 0.3) is 0 Å². The zero-order valence-electron chi connectivity index (χ0n) is 18.4. The van der Waals surface area contributed by atoms with Crippen LogP contribution in [-0.2, 0) is 4.79 Å². The first-order valence-electron chi connectivity index (χ1n) is 11.2. The Hall–Kier alpha value is -2.92. The maximum Gasteiger partial charge on any atom is 0.222 e. The number of likely N-dealkylation sites (tertiary alicyclic amines) is 1. The third-order valence-electron chi connectivity index (χ3n) is 6.11. The first-order chi connectivity index (χ1) is 15.0. The number of carbonyl (C=O) groups is 2. The number of ketones is 1. The van der Waals surface area contributed by atoms with Crippen molar-refractivity contribution in [2.45, 2.75) is 26.7 Å². The molecule has 1 fully saturated rings. The van der Waals surface area contributed by atoms with Crippen LogP contribution in [0, 0.1) is 11.8 Å². The molecule has 31 heavy (non-hydrogen) atoms. The molecule has 1 aliphatic rings. The fourth-order valence-electron chi connectivity index (χ4n) is 4.45. The van der Waals surface area contributed by atoms with Gasteiger partial charge in [-0.25, -0.2) is 0 Å². The number of H-pyrrole nitrogens is 1. The summed E-state index contributed by atoms with van der Waals surface area (Å²) in [5, 5.41) is 4.03. The Balaban J connectivity index is 1.51. The van der Waals surface area contributed by atoms with Crippen LogP contribution in [0.1, 0.15) is 37.0 Å². The number of nitrogens with zero attached hydrogens (tertiary/aromatic N) is 1. The van der Waals surface area contributed by atoms with E-state index in [1.165, 1.54) is 0 Å². The predicted molar refractivity (Wildman–Crippen MR) is 125 cm³/mol. The van der Waals surface area contributed by atoms with Crippen molar-refractivity contribution in [2.24, 2.45) is 11.8 Å². The van der Waals surface area contributed by atoms with Crippen molar-refractivity contribution in [3.8, 4) is 11.3 Å². The first kappa shape index (κ1) is 21.3. The molecule has 5 heteroatoms. The molecule has 0 radical (unpaired) electrons. The predicted octanol–water partition coefficient (Wildman–Crippen LogP) is 4.50. The van der Waals surface area contributed by atoms with Crippen LogP contribution in [-0.4, -0.2) is 47.8 Å². The molecule has 1 atom stereocenters. The fraction of sp³-hybridized carbons (Fsp3) is 0.385. The summed E-state index contributed by atoms with van der Waals surface area (Å²) in [6, 6.07) is 18.1. The second kappa shape index (κ2) is 9.48. The van der Waals surface area contributed by atoms with Gasteiger partial charge in [-0.15, -0.1) is 0 Å². The first-order valence-corrected chi connectivity index (χ1v) is 11.2. The lowest BCUT2D eigenvalue weighted by atomic mass is 9.96. The Kier molecular flexibility index (Phi) is 6.52. The molecule has 0 saturated carbocycles. The van der Waals surface area contributed by atoms with Crippen LogP contribution in [0.2, 0.25) is 0 Å². The van der Waals surface area contributed by atoms with Gasteiger partial charge in [0, 0.05) is 29.9 Å². The Morgan fingerprint density at radius 2 is 1.84 bits per heavy atom. The molecule has 162 valence electrons. The Bertz CT molecular complexity index is 1050. The number of Topliss-reactive ketones (excluding diaryl/α,β-unsaturated/α-hetero) is 1. The zero-order chi connectivity index (χ0) is 21.8. The average molecular weight is 418 g/mol. The summed E-state index contributed by atoms with van der Waals surface area (Å²) in [6.07, 6.45) is 2.14. The summed E-state index contributed by atoms with van der Waals surface area (Å²) < 4.78 is 0. The van der Waals surface area contributed by atoms with E-state index < -0.39 is 0 Å². The lowest BCUT2D eigenvalue weighted by Gasteiger charge is -2.32. The van der Waals surface area contributed by atoms with E-state index in [1.807, 2.05) is 68.4 Å². The number of para-hydroxylation sites is 1. The van der Waals surface area contributed by atoms with E-state index in [9.17, 15) is 9.59 Å². The van der Waals surface area contributed by atoms with E-state index in [0.29, 0.717) is 19.0 Å². The smallest absolute Gasteiger partial charge is 0.222 e. The monoisotopic (exact) mass is 417 g/mol. The number of aromatic nitrogens is 1. The number of hydrogen-bond donors (Lipinski definition) is 2. The number of carbonyl (C=O) groups excluding carboxylic acids is 2. The van der Waals surface area contributed by atoms with Gasteiger partial charge in [0.1, 0.15) is 0 Å². The second-order valence-electron chi connectivity index (χ2n) is 8.85. The average Bonchev–Trinajstić information content (AvgIpc) is 3.18. The molecule has 0 bridgehead atoms. The standard InChI is InChI=1S/C26H31N3O2/c1-18(2)26(31)27-15-19-9-8-14-29(16-19)17-23(30)24-21-12-6-7-13-22(21)28-25(24)20-10-4-3-5-11-20/h3-7,10-13,18-19,28H,8-9,14-17H2,1-2H3,(H,27,31). The molecule has 1 aliphatic heterocycles. The highest BCUT2D eigenvalue weighted by Crippen LogP contribution is 2.31. The molecule has 1 aromatic heterocycles. The van der Waals surface area contributed by atoms with Gasteiger partial charge in [0.05, 0.1) is 17.8 Å². The van der Waals surface area contributed by atoms with Crippen molar-refractivity contribution in [1.82, 2.24) is 15.2 Å². The lowest BCUT2D eigenvalue weighted by molar-refractivity contribution is -0.124. The summed E-state index contributed by atoms with van der Waals surface area (Å²) in [5.41, 5.74) is 3.68. The summed E-state index contributed by atoms with van der Waals surface area (Å²) >= 11 is 0. The van der Waals surface area contributed by atoms with Crippen LogP contribution < -0.4 is 5.32 Å². The highest BCUT2D eigenvalue weighted by atomic mass is 16.1. The van der Waals surface area contributed by atoms with E-state index >= 15 is 0 Å². The summed E-state index contributed by atoms with van der Waals surface area (Å²) in [4.78, 5) is 31.1. The van der Waals surface area contributed by atoms with Crippen molar-refractivity contribution in [1.29, 1.82) is 0 Å². The Morgan fingerprint density at radius 1 is 1.10 bits per heavy atom. The quantitative estimate of drug-likeness (QED) is 0.556. The minimum atomic E-state index is -0.000416. The van der Waals surface area contributed by atoms with E-state index in [-0.39, 0.29) is 17.6 Å². The van der Waals surface area contributed by atoms with Crippen LogP contribution in [0.5, 0.6) is 0 Å². The molecular formula is C26H31N3O2. The number of nitrogens with one attached hydrogen (secondary N) is 2. The van der Waals surface area contributed by atoms with Crippen LogP contribution >= 0.6 is 0 Å². The van der Waals surface area contributed by atoms with Crippen molar-refractivity contribution in [2.75, 3.05) is 26.2 Å². The van der Waals surface area contributed by atoms with E-state index in [1.54, 1.807) is 0 Å². The molecular weight excluding hydrogens is 386 g/mol. The SMILES string of the molecule is CC(C)C(=O)NCC1CCCN(CC(=O)c2c(-c3ccccc3)[nH]c3ccccc23)C1. The van der Waals surface area contributed by atoms with E-state index in [4.69, 9.17) is 0 Å². The number of aromatic amines is 1. The molecule has 2 aromatic carbocycles. The van der Waals surface area contributed by atoms with Gasteiger partial charge in [-0.2, -0.15) is 0 Å². The summed E-state index contributed by atoms with van der Waals surface area (Å²) in [7, 11) is 0. The van der Waals surface area contributed by atoms with Crippen LogP contribution in [0.15, 0.2) is 54.6 Å². The number of fused-ring (bicyclic) bond motifs is 1. The normalized spacial score (nSPS) is 17.2. The van der Waals surface area contributed by atoms with Gasteiger partial charge >= 0.3 is 0 Å². The number of benzene rings is 2. The highest BCUT2D eigenvalue weighted by Gasteiger charge is 2.25. The van der Waals surface area contributed by atoms with Gasteiger partial charge < -0.3 is 10.3 Å². The Morgan fingerprint density at radius 3 is 2.61 bits per heavy atom. The number of piperidine rings is 1. The molecule has 0 spiro atoms. The van der Waals surface area contributed by atoms with E-state index in [0.717, 1.165) is 53.7 Å². The molecule has 0 aliphatic carbocycles. The van der Waals surface area contributed by atoms with Crippen molar-refractivity contribution >= 4 is 22.6 Å². The topological polar surface area (TPSA) is 65.2 Å². The summed E-state index contributed by atoms with van der Waals surface area (Å²) in [5.74, 6) is 0.628. The van der Waals surface area contributed by atoms with Crippen LogP contribution in [0.25, 0.3) is 22.2 Å². The maximum atomic E-state index is 13.5. The van der Waals surface area contributed by atoms with Crippen molar-refractivity contribution in [3.05, 3.63) is 60.2 Å². The second-order valence-corrected chi connectivity index (χ2v) is 8.85. The third-order valence-corrected chi connectivity index (χ3v) is 6.11. The number of hydrogen-bond acceptors (Lipinski definition) is 3. The van der Waals surface area contributed by atoms with Gasteiger partial charge in [-0.1, -0.05) is 62.4 Å². The molecule has 1 amide bonds. The minimum Gasteiger partial charge on any atom is -0.356 e. The van der Waals surface area contributed by atoms with Gasteiger partial charge in [0.15, 0.2) is 5.78 Å². The number of amides is 1. The minimum absolute atomic E-state index is 0.000416. The fourth-order valence-corrected chi connectivity index (χ4v) is 4.45. The van der Waals surface area contributed by atoms with Crippen LogP contribution in [0.3, 0.4) is 0 Å². The molecule has 2 heterocycles. The van der Waals surface area contributed by atoms with Gasteiger partial charge in [0.2, 0.25) is 5.91 Å². The molecule has 2 N–H and O–H groups in total. The zero-order valence-corrected chi connectivity index (χ0v) is 18.4. The Labute approximate surface area is 183 Å². The highest BCUT2D eigenvalue weighted by molar-refractivity contribution is 6.14.